The summed E-state index contributed by atoms with van der Waals surface area (Å²) in [4.78, 5) is 9.44. The third kappa shape index (κ3) is 2.99. The summed E-state index contributed by atoms with van der Waals surface area (Å²) in [5.41, 5.74) is 3.72. The lowest BCUT2D eigenvalue weighted by molar-refractivity contribution is 0.923. The second-order valence-corrected chi connectivity index (χ2v) is 6.64. The van der Waals surface area contributed by atoms with Crippen molar-refractivity contribution in [3.8, 4) is 0 Å². The summed E-state index contributed by atoms with van der Waals surface area (Å²) < 4.78 is 1.10. The molecule has 2 heterocycles. The van der Waals surface area contributed by atoms with Crippen molar-refractivity contribution in [3.63, 3.8) is 0 Å². The molecule has 104 valence electrons. The van der Waals surface area contributed by atoms with Gasteiger partial charge in [-0.1, -0.05) is 28.1 Å². The van der Waals surface area contributed by atoms with Gasteiger partial charge in [-0.15, -0.1) is 0 Å². The molecule has 1 aliphatic rings. The number of hydrogen-bond acceptors (Lipinski definition) is 4. The van der Waals surface area contributed by atoms with Gasteiger partial charge in [0.1, 0.15) is 11.6 Å². The normalized spacial score (nSPS) is 13.3. The van der Waals surface area contributed by atoms with Crippen LogP contribution in [0.25, 0.3) is 0 Å². The van der Waals surface area contributed by atoms with Crippen molar-refractivity contribution in [2.45, 2.75) is 24.9 Å². The third-order valence-corrected chi connectivity index (χ3v) is 4.68. The fourth-order valence-corrected chi connectivity index (χ4v) is 3.81. The van der Waals surface area contributed by atoms with E-state index in [1.54, 1.807) is 0 Å². The van der Waals surface area contributed by atoms with Gasteiger partial charge in [0.05, 0.1) is 5.69 Å². The van der Waals surface area contributed by atoms with E-state index in [-0.39, 0.29) is 0 Å². The van der Waals surface area contributed by atoms with Gasteiger partial charge in [-0.05, 0) is 24.6 Å². The van der Waals surface area contributed by atoms with Crippen LogP contribution in [-0.2, 0) is 17.9 Å². The van der Waals surface area contributed by atoms with Crippen molar-refractivity contribution >= 4 is 33.5 Å². The van der Waals surface area contributed by atoms with Gasteiger partial charge in [-0.3, -0.25) is 0 Å². The highest BCUT2D eigenvalue weighted by atomic mass is 79.9. The Bertz CT molecular complexity index is 631. The zero-order chi connectivity index (χ0) is 13.9. The number of anilines is 1. The van der Waals surface area contributed by atoms with E-state index in [0.717, 1.165) is 40.6 Å². The molecule has 20 heavy (non-hydrogen) atoms. The van der Waals surface area contributed by atoms with E-state index in [9.17, 15) is 0 Å². The van der Waals surface area contributed by atoms with Gasteiger partial charge in [0.15, 0.2) is 0 Å². The minimum Gasteiger partial charge on any atom is -0.370 e. The van der Waals surface area contributed by atoms with E-state index in [2.05, 4.69) is 40.3 Å². The van der Waals surface area contributed by atoms with Gasteiger partial charge >= 0.3 is 0 Å². The zero-order valence-corrected chi connectivity index (χ0v) is 13.7. The molecule has 0 saturated heterocycles. The van der Waals surface area contributed by atoms with Crippen LogP contribution in [-0.4, -0.2) is 16.5 Å². The Morgan fingerprint density at radius 3 is 3.00 bits per heavy atom. The van der Waals surface area contributed by atoms with Crippen LogP contribution in [0.3, 0.4) is 0 Å². The van der Waals surface area contributed by atoms with E-state index < -0.39 is 0 Å². The van der Waals surface area contributed by atoms with Crippen molar-refractivity contribution in [2.75, 3.05) is 11.9 Å². The molecule has 3 rings (SSSR count). The average Bonchev–Trinajstić information content (AvgIpc) is 2.87. The predicted octanol–water partition coefficient (Wildman–Crippen LogP) is 4.01. The second kappa shape index (κ2) is 6.14. The van der Waals surface area contributed by atoms with Crippen LogP contribution in [0.5, 0.6) is 0 Å². The number of nitrogens with one attached hydrogen (secondary N) is 1. The largest absolute Gasteiger partial charge is 0.370 e. The molecule has 1 aliphatic heterocycles. The highest BCUT2D eigenvalue weighted by Crippen LogP contribution is 2.33. The van der Waals surface area contributed by atoms with Crippen molar-refractivity contribution in [1.82, 2.24) is 9.97 Å². The lowest BCUT2D eigenvalue weighted by Crippen LogP contribution is -2.08. The standard InChI is InChI=1S/C15H16BrN3S/c1-2-17-15-12-8-20-9-13(12)18-14(19-15)7-10-4-3-5-11(16)6-10/h3-6H,2,7-9H2,1H3,(H,17,18,19). The van der Waals surface area contributed by atoms with E-state index in [0.29, 0.717) is 0 Å². The van der Waals surface area contributed by atoms with E-state index in [1.807, 2.05) is 23.9 Å². The Balaban J connectivity index is 1.92. The second-order valence-electron chi connectivity index (χ2n) is 4.74. The van der Waals surface area contributed by atoms with Crippen LogP contribution in [0.15, 0.2) is 28.7 Å². The maximum atomic E-state index is 4.73. The van der Waals surface area contributed by atoms with E-state index in [1.165, 1.54) is 16.8 Å². The topological polar surface area (TPSA) is 37.8 Å². The smallest absolute Gasteiger partial charge is 0.135 e. The van der Waals surface area contributed by atoms with Crippen LogP contribution in [0, 0.1) is 0 Å². The maximum absolute atomic E-state index is 4.73. The molecular formula is C15H16BrN3S. The summed E-state index contributed by atoms with van der Waals surface area (Å²) in [5.74, 6) is 3.95. The molecule has 0 saturated carbocycles. The summed E-state index contributed by atoms with van der Waals surface area (Å²) in [6, 6.07) is 8.32. The number of benzene rings is 1. The fraction of sp³-hybridized carbons (Fsp3) is 0.333. The molecule has 5 heteroatoms. The number of thioether (sulfide) groups is 1. The molecule has 0 fully saturated rings. The first kappa shape index (κ1) is 13.9. The number of fused-ring (bicyclic) bond motifs is 1. The summed E-state index contributed by atoms with van der Waals surface area (Å²) in [6.45, 7) is 3.00. The molecule has 3 nitrogen and oxygen atoms in total. The molecule has 0 bridgehead atoms. The number of nitrogens with zero attached hydrogens (tertiary/aromatic N) is 2. The molecule has 0 aliphatic carbocycles. The molecule has 0 unspecified atom stereocenters. The lowest BCUT2D eigenvalue weighted by Gasteiger charge is -2.10. The SMILES string of the molecule is CCNc1nc(Cc2cccc(Br)c2)nc2c1CSC2. The summed E-state index contributed by atoms with van der Waals surface area (Å²) in [5, 5.41) is 3.37. The van der Waals surface area contributed by atoms with Gasteiger partial charge in [0.25, 0.3) is 0 Å². The predicted molar refractivity (Wildman–Crippen MR) is 88.1 cm³/mol. The van der Waals surface area contributed by atoms with Crippen molar-refractivity contribution in [2.24, 2.45) is 0 Å². The molecule has 1 aromatic heterocycles. The molecule has 1 N–H and O–H groups in total. The molecule has 2 aromatic rings. The summed E-state index contributed by atoms with van der Waals surface area (Å²) in [6.07, 6.45) is 0.774. The Morgan fingerprint density at radius 1 is 1.30 bits per heavy atom. The van der Waals surface area contributed by atoms with Crippen LogP contribution < -0.4 is 5.32 Å². The van der Waals surface area contributed by atoms with Crippen molar-refractivity contribution in [3.05, 3.63) is 51.4 Å². The zero-order valence-electron chi connectivity index (χ0n) is 11.3. The molecule has 0 atom stereocenters. The Kier molecular flexibility index (Phi) is 4.27. The average molecular weight is 350 g/mol. The number of rotatable bonds is 4. The highest BCUT2D eigenvalue weighted by Gasteiger charge is 2.19. The first-order valence-electron chi connectivity index (χ1n) is 6.71. The van der Waals surface area contributed by atoms with Gasteiger partial charge in [0, 0.05) is 34.5 Å². The quantitative estimate of drug-likeness (QED) is 0.904. The van der Waals surface area contributed by atoms with Gasteiger partial charge in [-0.25, -0.2) is 9.97 Å². The Morgan fingerprint density at radius 2 is 2.20 bits per heavy atom. The third-order valence-electron chi connectivity index (χ3n) is 3.22. The number of hydrogen-bond donors (Lipinski definition) is 1. The minimum absolute atomic E-state index is 0.774. The number of aromatic nitrogens is 2. The summed E-state index contributed by atoms with van der Waals surface area (Å²) in [7, 11) is 0. The van der Waals surface area contributed by atoms with Crippen LogP contribution in [0.2, 0.25) is 0 Å². The van der Waals surface area contributed by atoms with Gasteiger partial charge in [-0.2, -0.15) is 11.8 Å². The van der Waals surface area contributed by atoms with Gasteiger partial charge < -0.3 is 5.32 Å². The van der Waals surface area contributed by atoms with Crippen LogP contribution in [0.1, 0.15) is 29.6 Å². The highest BCUT2D eigenvalue weighted by molar-refractivity contribution is 9.10. The monoisotopic (exact) mass is 349 g/mol. The molecular weight excluding hydrogens is 334 g/mol. The van der Waals surface area contributed by atoms with E-state index in [4.69, 9.17) is 9.97 Å². The van der Waals surface area contributed by atoms with Crippen LogP contribution in [0.4, 0.5) is 5.82 Å². The Hall–Kier alpha value is -1.07. The molecule has 0 spiro atoms. The fourth-order valence-electron chi connectivity index (χ4n) is 2.32. The van der Waals surface area contributed by atoms with Crippen molar-refractivity contribution in [1.29, 1.82) is 0 Å². The number of halogens is 1. The van der Waals surface area contributed by atoms with Crippen molar-refractivity contribution < 1.29 is 0 Å². The Labute approximate surface area is 131 Å². The maximum Gasteiger partial charge on any atom is 0.135 e. The first-order valence-corrected chi connectivity index (χ1v) is 8.65. The van der Waals surface area contributed by atoms with Crippen LogP contribution >= 0.6 is 27.7 Å². The summed E-state index contributed by atoms with van der Waals surface area (Å²) >= 11 is 5.42. The first-order chi connectivity index (χ1) is 9.76. The molecule has 0 amide bonds. The molecule has 1 aromatic carbocycles. The minimum atomic E-state index is 0.774. The lowest BCUT2D eigenvalue weighted by atomic mass is 10.1. The molecule has 0 radical (unpaired) electrons. The van der Waals surface area contributed by atoms with Gasteiger partial charge in [0.2, 0.25) is 0 Å². The van der Waals surface area contributed by atoms with E-state index >= 15 is 0 Å².